The summed E-state index contributed by atoms with van der Waals surface area (Å²) < 4.78 is 0. The van der Waals surface area contributed by atoms with Gasteiger partial charge in [0.25, 0.3) is 0 Å². The van der Waals surface area contributed by atoms with E-state index in [9.17, 15) is 19.5 Å². The molecule has 2 aliphatic rings. The fraction of sp³-hybridized carbons (Fsp3) is 0.500. The van der Waals surface area contributed by atoms with E-state index >= 15 is 0 Å². The Morgan fingerprint density at radius 1 is 1.38 bits per heavy atom. The first kappa shape index (κ1) is 16.5. The average molecular weight is 330 g/mol. The summed E-state index contributed by atoms with van der Waals surface area (Å²) >= 11 is 0. The monoisotopic (exact) mass is 330 g/mol. The number of likely N-dealkylation sites (tertiary alicyclic amines) is 1. The number of fused-ring (bicyclic) bond motifs is 1. The average Bonchev–Trinajstić information content (AvgIpc) is 3.10. The summed E-state index contributed by atoms with van der Waals surface area (Å²) in [6.45, 7) is 2.52. The van der Waals surface area contributed by atoms with Crippen LogP contribution in [0.2, 0.25) is 0 Å². The molecule has 0 spiro atoms. The molecule has 3 rings (SSSR count). The van der Waals surface area contributed by atoms with Gasteiger partial charge in [0.1, 0.15) is 0 Å². The zero-order valence-electron chi connectivity index (χ0n) is 13.8. The van der Waals surface area contributed by atoms with Gasteiger partial charge in [-0.3, -0.25) is 14.4 Å². The van der Waals surface area contributed by atoms with Crippen molar-refractivity contribution in [1.82, 2.24) is 4.90 Å². The molecule has 128 valence electrons. The summed E-state index contributed by atoms with van der Waals surface area (Å²) in [6, 6.07) is 5.91. The highest BCUT2D eigenvalue weighted by molar-refractivity contribution is 5.99. The topological polar surface area (TPSA) is 86.7 Å². The van der Waals surface area contributed by atoms with Gasteiger partial charge in [-0.05, 0) is 43.4 Å². The van der Waals surface area contributed by atoms with Gasteiger partial charge in [-0.1, -0.05) is 12.1 Å². The maximum Gasteiger partial charge on any atom is 0.311 e. The molecule has 0 aliphatic carbocycles. The van der Waals surface area contributed by atoms with E-state index in [-0.39, 0.29) is 11.8 Å². The number of carboxylic acids is 1. The van der Waals surface area contributed by atoms with E-state index < -0.39 is 11.4 Å². The fourth-order valence-electron chi connectivity index (χ4n) is 3.39. The molecule has 24 heavy (non-hydrogen) atoms. The summed E-state index contributed by atoms with van der Waals surface area (Å²) in [5.41, 5.74) is 2.20. The number of carboxylic acid groups (broad SMARTS) is 1. The van der Waals surface area contributed by atoms with Crippen LogP contribution in [0.25, 0.3) is 0 Å². The Balaban J connectivity index is 1.49. The molecule has 1 atom stereocenters. The molecule has 6 heteroatoms. The number of nitrogens with one attached hydrogen (secondary N) is 1. The SMILES string of the molecule is C[C@]1(C(=O)O)CCN(C(=O)CCCc2ccc3c(c2)CC(=O)N3)C1. The lowest BCUT2D eigenvalue weighted by Gasteiger charge is -2.20. The van der Waals surface area contributed by atoms with Crippen LogP contribution < -0.4 is 5.32 Å². The lowest BCUT2D eigenvalue weighted by Crippen LogP contribution is -2.34. The van der Waals surface area contributed by atoms with Gasteiger partial charge in [-0.25, -0.2) is 0 Å². The molecular weight excluding hydrogens is 308 g/mol. The van der Waals surface area contributed by atoms with Crippen molar-refractivity contribution in [3.8, 4) is 0 Å². The summed E-state index contributed by atoms with van der Waals surface area (Å²) in [7, 11) is 0. The minimum absolute atomic E-state index is 0.0211. The molecule has 1 aromatic rings. The van der Waals surface area contributed by atoms with Gasteiger partial charge in [-0.2, -0.15) is 0 Å². The number of benzene rings is 1. The van der Waals surface area contributed by atoms with Gasteiger partial charge in [0.05, 0.1) is 11.8 Å². The molecule has 1 saturated heterocycles. The second-order valence-corrected chi connectivity index (χ2v) is 7.00. The number of carbonyl (C=O) groups is 3. The molecule has 0 aromatic heterocycles. The number of nitrogens with zero attached hydrogens (tertiary/aromatic N) is 1. The highest BCUT2D eigenvalue weighted by Crippen LogP contribution is 2.30. The molecule has 6 nitrogen and oxygen atoms in total. The predicted octanol–water partition coefficient (Wildman–Crippen LogP) is 1.83. The van der Waals surface area contributed by atoms with E-state index in [1.807, 2.05) is 18.2 Å². The number of amides is 2. The van der Waals surface area contributed by atoms with Crippen molar-refractivity contribution < 1.29 is 19.5 Å². The Hall–Kier alpha value is -2.37. The number of aryl methyl sites for hydroxylation is 1. The van der Waals surface area contributed by atoms with E-state index in [1.165, 1.54) is 0 Å². The Kier molecular flexibility index (Phi) is 4.30. The standard InChI is InChI=1S/C18H22N2O4/c1-18(17(23)24)7-8-20(11-18)16(22)4-2-3-12-5-6-14-13(9-12)10-15(21)19-14/h5-6,9H,2-4,7-8,10-11H2,1H3,(H,19,21)(H,23,24)/t18-/m0/s1. The minimum Gasteiger partial charge on any atom is -0.481 e. The molecule has 1 aromatic carbocycles. The second kappa shape index (κ2) is 6.26. The lowest BCUT2D eigenvalue weighted by molar-refractivity contribution is -0.147. The van der Waals surface area contributed by atoms with Crippen molar-refractivity contribution in [2.45, 2.75) is 39.0 Å². The molecule has 0 saturated carbocycles. The third kappa shape index (κ3) is 3.27. The van der Waals surface area contributed by atoms with Crippen molar-refractivity contribution in [2.24, 2.45) is 5.41 Å². The van der Waals surface area contributed by atoms with Crippen molar-refractivity contribution in [2.75, 3.05) is 18.4 Å². The number of anilines is 1. The third-order valence-electron chi connectivity index (χ3n) is 4.99. The highest BCUT2D eigenvalue weighted by atomic mass is 16.4. The Labute approximate surface area is 140 Å². The molecule has 2 heterocycles. The lowest BCUT2D eigenvalue weighted by atomic mass is 9.90. The molecule has 1 fully saturated rings. The fourth-order valence-corrected chi connectivity index (χ4v) is 3.39. The zero-order chi connectivity index (χ0) is 17.3. The molecule has 0 unspecified atom stereocenters. The Morgan fingerprint density at radius 2 is 2.17 bits per heavy atom. The van der Waals surface area contributed by atoms with E-state index in [2.05, 4.69) is 5.32 Å². The smallest absolute Gasteiger partial charge is 0.311 e. The van der Waals surface area contributed by atoms with E-state index in [0.29, 0.717) is 32.4 Å². The third-order valence-corrected chi connectivity index (χ3v) is 4.99. The van der Waals surface area contributed by atoms with Crippen LogP contribution in [0.15, 0.2) is 18.2 Å². The number of hydrogen-bond donors (Lipinski definition) is 2. The highest BCUT2D eigenvalue weighted by Gasteiger charge is 2.41. The molecule has 2 N–H and O–H groups in total. The second-order valence-electron chi connectivity index (χ2n) is 7.00. The Morgan fingerprint density at radius 3 is 2.88 bits per heavy atom. The van der Waals surface area contributed by atoms with Crippen LogP contribution in [0.3, 0.4) is 0 Å². The molecular formula is C18H22N2O4. The molecule has 2 aliphatic heterocycles. The van der Waals surface area contributed by atoms with Gasteiger partial charge in [-0.15, -0.1) is 0 Å². The first-order valence-corrected chi connectivity index (χ1v) is 8.30. The first-order valence-electron chi connectivity index (χ1n) is 8.30. The number of carbonyl (C=O) groups excluding carboxylic acids is 2. The summed E-state index contributed by atoms with van der Waals surface area (Å²) in [6.07, 6.45) is 2.85. The van der Waals surface area contributed by atoms with E-state index in [0.717, 1.165) is 29.7 Å². The van der Waals surface area contributed by atoms with Gasteiger partial charge >= 0.3 is 5.97 Å². The van der Waals surface area contributed by atoms with Gasteiger partial charge < -0.3 is 15.3 Å². The van der Waals surface area contributed by atoms with Crippen LogP contribution in [-0.4, -0.2) is 40.9 Å². The minimum atomic E-state index is -0.834. The van der Waals surface area contributed by atoms with Crippen LogP contribution >= 0.6 is 0 Å². The van der Waals surface area contributed by atoms with E-state index in [1.54, 1.807) is 11.8 Å². The number of rotatable bonds is 5. The van der Waals surface area contributed by atoms with Crippen molar-refractivity contribution in [3.05, 3.63) is 29.3 Å². The van der Waals surface area contributed by atoms with Crippen LogP contribution in [-0.2, 0) is 27.2 Å². The Bertz CT molecular complexity index is 700. The normalized spacial score (nSPS) is 22.4. The van der Waals surface area contributed by atoms with Gasteiger partial charge in [0.2, 0.25) is 11.8 Å². The van der Waals surface area contributed by atoms with Crippen LogP contribution in [0.5, 0.6) is 0 Å². The first-order chi connectivity index (χ1) is 11.4. The number of aliphatic carboxylic acids is 1. The number of hydrogen-bond acceptors (Lipinski definition) is 3. The molecule has 2 amide bonds. The summed E-state index contributed by atoms with van der Waals surface area (Å²) in [5, 5.41) is 12.0. The molecule has 0 radical (unpaired) electrons. The maximum atomic E-state index is 12.3. The maximum absolute atomic E-state index is 12.3. The van der Waals surface area contributed by atoms with Crippen LogP contribution in [0.4, 0.5) is 5.69 Å². The predicted molar refractivity (Wildman–Crippen MR) is 88.7 cm³/mol. The van der Waals surface area contributed by atoms with Crippen LogP contribution in [0, 0.1) is 5.41 Å². The van der Waals surface area contributed by atoms with Gasteiger partial charge in [0.15, 0.2) is 0 Å². The quantitative estimate of drug-likeness (QED) is 0.862. The van der Waals surface area contributed by atoms with Crippen molar-refractivity contribution in [1.29, 1.82) is 0 Å². The van der Waals surface area contributed by atoms with E-state index in [4.69, 9.17) is 0 Å². The molecule has 0 bridgehead atoms. The summed E-state index contributed by atoms with van der Waals surface area (Å²) in [4.78, 5) is 36.5. The zero-order valence-corrected chi connectivity index (χ0v) is 13.8. The van der Waals surface area contributed by atoms with Gasteiger partial charge in [0, 0.05) is 25.2 Å². The largest absolute Gasteiger partial charge is 0.481 e. The van der Waals surface area contributed by atoms with Crippen molar-refractivity contribution >= 4 is 23.5 Å². The van der Waals surface area contributed by atoms with Crippen molar-refractivity contribution in [3.63, 3.8) is 0 Å². The van der Waals surface area contributed by atoms with Crippen LogP contribution in [0.1, 0.15) is 37.3 Å². The summed E-state index contributed by atoms with van der Waals surface area (Å²) in [5.74, 6) is -0.787.